The largest absolute Gasteiger partial charge is 0.480 e. The summed E-state index contributed by atoms with van der Waals surface area (Å²) in [5.74, 6) is -1.93. The average Bonchev–Trinajstić information content (AvgIpc) is 2.83. The van der Waals surface area contributed by atoms with Crippen LogP contribution < -0.4 is 5.73 Å². The number of amides is 1. The second kappa shape index (κ2) is 4.59. The molecule has 0 bridgehead atoms. The Kier molecular flexibility index (Phi) is 3.32. The number of nitrogens with zero attached hydrogens (tertiary/aromatic N) is 1. The quantitative estimate of drug-likeness (QED) is 0.518. The lowest BCUT2D eigenvalue weighted by atomic mass is 10.0. The van der Waals surface area contributed by atoms with E-state index in [1.165, 1.54) is 4.90 Å². The highest BCUT2D eigenvalue weighted by molar-refractivity contribution is 5.86. The minimum absolute atomic E-state index is 0.0546. The van der Waals surface area contributed by atoms with E-state index in [-0.39, 0.29) is 25.5 Å². The van der Waals surface area contributed by atoms with E-state index in [1.807, 2.05) is 0 Å². The molecule has 96 valence electrons. The third-order valence-corrected chi connectivity index (χ3v) is 3.29. The van der Waals surface area contributed by atoms with E-state index < -0.39 is 30.1 Å². The number of likely N-dealkylation sites (tertiary alicyclic amines) is 1. The van der Waals surface area contributed by atoms with E-state index in [0.717, 1.165) is 0 Å². The molecule has 7 heteroatoms. The molecule has 17 heavy (non-hydrogen) atoms. The van der Waals surface area contributed by atoms with Crippen molar-refractivity contribution in [3.63, 3.8) is 0 Å². The van der Waals surface area contributed by atoms with Crippen LogP contribution in [0.15, 0.2) is 0 Å². The van der Waals surface area contributed by atoms with Crippen molar-refractivity contribution in [2.45, 2.75) is 24.6 Å². The number of hydrogen-bond donors (Lipinski definition) is 3. The third kappa shape index (κ3) is 2.26. The molecule has 2 aliphatic heterocycles. The van der Waals surface area contributed by atoms with Gasteiger partial charge >= 0.3 is 5.97 Å². The number of aliphatic carboxylic acids is 1. The maximum absolute atomic E-state index is 12.1. The zero-order valence-corrected chi connectivity index (χ0v) is 9.28. The predicted octanol–water partition coefficient (Wildman–Crippen LogP) is -1.99. The maximum Gasteiger partial charge on any atom is 0.326 e. The number of β-amino-alcohol motifs (C(OH)–C–C–N with tert-alkyl or cyclic N) is 1. The van der Waals surface area contributed by atoms with Gasteiger partial charge in [-0.25, -0.2) is 4.79 Å². The van der Waals surface area contributed by atoms with Crippen LogP contribution in [-0.4, -0.2) is 64.9 Å². The average molecular weight is 244 g/mol. The minimum atomic E-state index is -1.10. The normalized spacial score (nSPS) is 37.4. The number of aliphatic hydroxyl groups is 1. The van der Waals surface area contributed by atoms with E-state index >= 15 is 0 Å². The molecule has 0 aromatic carbocycles. The van der Waals surface area contributed by atoms with Gasteiger partial charge in [0.1, 0.15) is 6.04 Å². The van der Waals surface area contributed by atoms with E-state index in [4.69, 9.17) is 15.6 Å². The molecule has 7 nitrogen and oxygen atoms in total. The molecule has 2 heterocycles. The number of aliphatic hydroxyl groups excluding tert-OH is 1. The summed E-state index contributed by atoms with van der Waals surface area (Å²) in [6, 6.07) is -1.35. The first-order chi connectivity index (χ1) is 8.00. The van der Waals surface area contributed by atoms with Gasteiger partial charge in [-0.1, -0.05) is 0 Å². The lowest BCUT2D eigenvalue weighted by molar-refractivity contribution is -0.150. The Morgan fingerprint density at radius 3 is 2.59 bits per heavy atom. The third-order valence-electron chi connectivity index (χ3n) is 3.29. The van der Waals surface area contributed by atoms with Gasteiger partial charge in [0.2, 0.25) is 5.91 Å². The minimum Gasteiger partial charge on any atom is -0.480 e. The Labute approximate surface area is 98.1 Å². The fraction of sp³-hybridized carbons (Fsp3) is 0.800. The monoisotopic (exact) mass is 244 g/mol. The van der Waals surface area contributed by atoms with Crippen molar-refractivity contribution in [1.82, 2.24) is 4.90 Å². The lowest BCUT2D eigenvalue weighted by Gasteiger charge is -2.25. The highest BCUT2D eigenvalue weighted by Gasteiger charge is 2.43. The summed E-state index contributed by atoms with van der Waals surface area (Å²) >= 11 is 0. The molecule has 2 fully saturated rings. The van der Waals surface area contributed by atoms with Gasteiger partial charge in [-0.3, -0.25) is 4.79 Å². The summed E-state index contributed by atoms with van der Waals surface area (Å²) in [6.07, 6.45) is -0.706. The van der Waals surface area contributed by atoms with E-state index in [0.29, 0.717) is 6.61 Å². The molecule has 0 aliphatic carbocycles. The molecule has 0 aromatic rings. The maximum atomic E-state index is 12.1. The van der Waals surface area contributed by atoms with E-state index in [1.54, 1.807) is 0 Å². The molecule has 2 rings (SSSR count). The highest BCUT2D eigenvalue weighted by Crippen LogP contribution is 2.23. The van der Waals surface area contributed by atoms with Gasteiger partial charge in [-0.05, 0) is 0 Å². The van der Waals surface area contributed by atoms with Gasteiger partial charge in [0.25, 0.3) is 0 Å². The second-order valence-electron chi connectivity index (χ2n) is 4.54. The van der Waals surface area contributed by atoms with Gasteiger partial charge in [-0.2, -0.15) is 0 Å². The van der Waals surface area contributed by atoms with Gasteiger partial charge in [0.15, 0.2) is 0 Å². The summed E-state index contributed by atoms with van der Waals surface area (Å²) < 4.78 is 5.09. The first kappa shape index (κ1) is 12.3. The van der Waals surface area contributed by atoms with Crippen LogP contribution in [0, 0.1) is 5.92 Å². The van der Waals surface area contributed by atoms with Crippen molar-refractivity contribution >= 4 is 11.9 Å². The summed E-state index contributed by atoms with van der Waals surface area (Å²) in [5, 5.41) is 18.4. The summed E-state index contributed by atoms with van der Waals surface area (Å²) in [4.78, 5) is 24.3. The molecule has 2 saturated heterocycles. The van der Waals surface area contributed by atoms with Crippen LogP contribution in [0.5, 0.6) is 0 Å². The summed E-state index contributed by atoms with van der Waals surface area (Å²) in [5.41, 5.74) is 5.72. The number of hydrogen-bond acceptors (Lipinski definition) is 5. The molecule has 0 radical (unpaired) electrons. The van der Waals surface area contributed by atoms with Crippen molar-refractivity contribution in [2.24, 2.45) is 11.7 Å². The molecular weight excluding hydrogens is 228 g/mol. The van der Waals surface area contributed by atoms with Gasteiger partial charge in [-0.15, -0.1) is 0 Å². The number of ether oxygens (including phenoxy) is 1. The molecule has 2 aliphatic rings. The van der Waals surface area contributed by atoms with Crippen molar-refractivity contribution < 1.29 is 24.5 Å². The molecule has 4 atom stereocenters. The molecule has 0 aromatic heterocycles. The fourth-order valence-electron chi connectivity index (χ4n) is 2.33. The molecule has 0 spiro atoms. The molecule has 0 saturated carbocycles. The van der Waals surface area contributed by atoms with Crippen LogP contribution in [0.1, 0.15) is 6.42 Å². The van der Waals surface area contributed by atoms with Gasteiger partial charge in [0, 0.05) is 19.0 Å². The number of rotatable bonds is 2. The van der Waals surface area contributed by atoms with Crippen molar-refractivity contribution in [2.75, 3.05) is 19.8 Å². The van der Waals surface area contributed by atoms with E-state index in [9.17, 15) is 14.7 Å². The molecule has 4 unspecified atom stereocenters. The Morgan fingerprint density at radius 1 is 1.35 bits per heavy atom. The molecule has 1 amide bonds. The van der Waals surface area contributed by atoms with Crippen LogP contribution in [0.25, 0.3) is 0 Å². The van der Waals surface area contributed by atoms with Crippen LogP contribution in [-0.2, 0) is 14.3 Å². The van der Waals surface area contributed by atoms with Crippen LogP contribution >= 0.6 is 0 Å². The fourth-order valence-corrected chi connectivity index (χ4v) is 2.33. The first-order valence-electron chi connectivity index (χ1n) is 5.55. The first-order valence-corrected chi connectivity index (χ1v) is 5.55. The highest BCUT2D eigenvalue weighted by atomic mass is 16.5. The zero-order valence-electron chi connectivity index (χ0n) is 9.28. The second-order valence-corrected chi connectivity index (χ2v) is 4.54. The van der Waals surface area contributed by atoms with Crippen LogP contribution in [0.4, 0.5) is 0 Å². The van der Waals surface area contributed by atoms with Gasteiger partial charge in [0.05, 0.1) is 25.2 Å². The van der Waals surface area contributed by atoms with Crippen molar-refractivity contribution in [3.05, 3.63) is 0 Å². The van der Waals surface area contributed by atoms with E-state index in [2.05, 4.69) is 0 Å². The zero-order chi connectivity index (χ0) is 12.6. The Hall–Kier alpha value is -1.18. The molecular formula is C10H16N2O5. The molecule has 4 N–H and O–H groups in total. The SMILES string of the molecule is NC1COCC1C(=O)N1CC(O)CC1C(=O)O. The predicted molar refractivity (Wildman–Crippen MR) is 56.0 cm³/mol. The van der Waals surface area contributed by atoms with Crippen LogP contribution in [0.3, 0.4) is 0 Å². The van der Waals surface area contributed by atoms with Crippen molar-refractivity contribution in [1.29, 1.82) is 0 Å². The number of carbonyl (C=O) groups is 2. The summed E-state index contributed by atoms with van der Waals surface area (Å²) in [7, 11) is 0. The number of carboxylic acid groups (broad SMARTS) is 1. The number of nitrogens with two attached hydrogens (primary N) is 1. The lowest BCUT2D eigenvalue weighted by Crippen LogP contribution is -2.48. The Morgan fingerprint density at radius 2 is 2.06 bits per heavy atom. The van der Waals surface area contributed by atoms with Crippen molar-refractivity contribution in [3.8, 4) is 0 Å². The number of carbonyl (C=O) groups excluding carboxylic acids is 1. The Balaban J connectivity index is 2.10. The topological polar surface area (TPSA) is 113 Å². The number of carboxylic acids is 1. The Bertz CT molecular complexity index is 335. The standard InChI is InChI=1S/C10H16N2O5/c11-7-4-17-3-6(7)9(14)12-2-5(13)1-8(12)10(15)16/h5-8,13H,1-4,11H2,(H,15,16). The van der Waals surface area contributed by atoms with Gasteiger partial charge < -0.3 is 25.6 Å². The smallest absolute Gasteiger partial charge is 0.326 e. The van der Waals surface area contributed by atoms with Crippen LogP contribution in [0.2, 0.25) is 0 Å². The summed E-state index contributed by atoms with van der Waals surface area (Å²) in [6.45, 7) is 0.586.